The molecular formula is C28H31N5O. The lowest BCUT2D eigenvalue weighted by atomic mass is 10.1. The maximum Gasteiger partial charge on any atom is 0.227 e. The van der Waals surface area contributed by atoms with Crippen LogP contribution in [0, 0.1) is 0 Å². The standard InChI is InChI=1S/C28H31N5O/c1-21(29-11-14-33-12-2-3-13-33)25-16-22-7-5-15-34-20-23-6-4-8-24(17-23)27-9-10-30-28(32-27)31-26(18-22)19-25/h4-10,16-19,29H,1-3,11-15,20H2,(H,30,31,32). The van der Waals surface area contributed by atoms with Crippen molar-refractivity contribution < 1.29 is 4.74 Å². The number of nitrogens with zero attached hydrogens (tertiary/aromatic N) is 3. The van der Waals surface area contributed by atoms with E-state index in [2.05, 4.69) is 69.6 Å². The fraction of sp³-hybridized carbons (Fsp3) is 0.286. The highest BCUT2D eigenvalue weighted by atomic mass is 16.5. The molecule has 3 aromatic rings. The summed E-state index contributed by atoms with van der Waals surface area (Å²) < 4.78 is 5.89. The number of nitrogens with one attached hydrogen (secondary N) is 2. The molecule has 0 aliphatic carbocycles. The first-order valence-corrected chi connectivity index (χ1v) is 12.0. The van der Waals surface area contributed by atoms with Crippen LogP contribution in [-0.2, 0) is 11.3 Å². The highest BCUT2D eigenvalue weighted by Crippen LogP contribution is 2.25. The smallest absolute Gasteiger partial charge is 0.227 e. The second-order valence-corrected chi connectivity index (χ2v) is 8.81. The van der Waals surface area contributed by atoms with E-state index in [1.807, 2.05) is 18.2 Å². The number of fused-ring (bicyclic) bond motifs is 7. The molecule has 3 heterocycles. The van der Waals surface area contributed by atoms with Crippen molar-refractivity contribution in [3.05, 3.63) is 84.1 Å². The van der Waals surface area contributed by atoms with Gasteiger partial charge in [0.15, 0.2) is 0 Å². The Morgan fingerprint density at radius 2 is 2.03 bits per heavy atom. The maximum atomic E-state index is 5.89. The predicted octanol–water partition coefficient (Wildman–Crippen LogP) is 5.09. The summed E-state index contributed by atoms with van der Waals surface area (Å²) >= 11 is 0. The van der Waals surface area contributed by atoms with E-state index < -0.39 is 0 Å². The Morgan fingerprint density at radius 1 is 1.12 bits per heavy atom. The Labute approximate surface area is 201 Å². The average Bonchev–Trinajstić information content (AvgIpc) is 3.37. The van der Waals surface area contributed by atoms with Gasteiger partial charge in [0.2, 0.25) is 5.95 Å². The van der Waals surface area contributed by atoms with Gasteiger partial charge in [-0.1, -0.05) is 36.9 Å². The Bertz CT molecular complexity index is 1180. The predicted molar refractivity (Wildman–Crippen MR) is 139 cm³/mol. The summed E-state index contributed by atoms with van der Waals surface area (Å²) in [5.41, 5.74) is 6.97. The van der Waals surface area contributed by atoms with Crippen molar-refractivity contribution in [1.29, 1.82) is 0 Å². The van der Waals surface area contributed by atoms with Crippen molar-refractivity contribution in [3.63, 3.8) is 0 Å². The van der Waals surface area contributed by atoms with Crippen LogP contribution in [0.15, 0.2) is 67.4 Å². The fourth-order valence-electron chi connectivity index (χ4n) is 4.43. The number of hydrogen-bond acceptors (Lipinski definition) is 6. The normalized spacial score (nSPS) is 15.8. The molecule has 1 fully saturated rings. The molecule has 2 aromatic carbocycles. The lowest BCUT2D eigenvalue weighted by Gasteiger charge is -2.17. The van der Waals surface area contributed by atoms with Crippen molar-refractivity contribution in [1.82, 2.24) is 20.2 Å². The number of hydrogen-bond donors (Lipinski definition) is 2. The van der Waals surface area contributed by atoms with Crippen LogP contribution in [0.1, 0.15) is 29.5 Å². The number of benzene rings is 2. The second-order valence-electron chi connectivity index (χ2n) is 8.81. The minimum Gasteiger partial charge on any atom is -0.384 e. The van der Waals surface area contributed by atoms with Crippen molar-refractivity contribution >= 4 is 23.4 Å². The molecule has 6 nitrogen and oxygen atoms in total. The van der Waals surface area contributed by atoms with E-state index in [4.69, 9.17) is 9.72 Å². The van der Waals surface area contributed by atoms with Gasteiger partial charge in [-0.3, -0.25) is 0 Å². The number of anilines is 2. The summed E-state index contributed by atoms with van der Waals surface area (Å²) in [7, 11) is 0. The minimum atomic E-state index is 0.541. The third-order valence-electron chi connectivity index (χ3n) is 6.20. The number of rotatable bonds is 5. The topological polar surface area (TPSA) is 62.3 Å². The van der Waals surface area contributed by atoms with E-state index in [-0.39, 0.29) is 0 Å². The molecule has 2 N–H and O–H groups in total. The molecule has 2 aliphatic rings. The van der Waals surface area contributed by atoms with E-state index in [9.17, 15) is 0 Å². The summed E-state index contributed by atoms with van der Waals surface area (Å²) in [5, 5.41) is 6.90. The lowest BCUT2D eigenvalue weighted by molar-refractivity contribution is 0.149. The first-order chi connectivity index (χ1) is 16.7. The Kier molecular flexibility index (Phi) is 6.98. The molecule has 0 spiro atoms. The zero-order valence-electron chi connectivity index (χ0n) is 19.5. The van der Waals surface area contributed by atoms with Crippen LogP contribution in [-0.4, -0.2) is 47.7 Å². The van der Waals surface area contributed by atoms with Gasteiger partial charge in [-0.05, 0) is 73.0 Å². The fourth-order valence-corrected chi connectivity index (χ4v) is 4.43. The van der Waals surface area contributed by atoms with Gasteiger partial charge in [0.05, 0.1) is 18.9 Å². The molecule has 2 aliphatic heterocycles. The van der Waals surface area contributed by atoms with Gasteiger partial charge in [-0.15, -0.1) is 0 Å². The van der Waals surface area contributed by atoms with Crippen molar-refractivity contribution in [2.45, 2.75) is 19.4 Å². The van der Waals surface area contributed by atoms with Crippen LogP contribution in [0.5, 0.6) is 0 Å². The number of ether oxygens (including phenoxy) is 1. The van der Waals surface area contributed by atoms with Crippen molar-refractivity contribution in [3.8, 4) is 11.3 Å². The molecule has 0 atom stereocenters. The Hall–Kier alpha value is -3.48. The molecule has 0 radical (unpaired) electrons. The average molecular weight is 454 g/mol. The minimum absolute atomic E-state index is 0.541. The third-order valence-corrected chi connectivity index (χ3v) is 6.20. The van der Waals surface area contributed by atoms with E-state index in [1.54, 1.807) is 6.20 Å². The summed E-state index contributed by atoms with van der Waals surface area (Å²) in [6.07, 6.45) is 8.53. The lowest BCUT2D eigenvalue weighted by Crippen LogP contribution is -2.29. The molecule has 1 saturated heterocycles. The summed E-state index contributed by atoms with van der Waals surface area (Å²) in [4.78, 5) is 11.7. The summed E-state index contributed by atoms with van der Waals surface area (Å²) in [6, 6.07) is 16.5. The Balaban J connectivity index is 1.40. The van der Waals surface area contributed by atoms with Gasteiger partial charge in [0.25, 0.3) is 0 Å². The zero-order valence-corrected chi connectivity index (χ0v) is 19.5. The Morgan fingerprint density at radius 3 is 2.94 bits per heavy atom. The van der Waals surface area contributed by atoms with E-state index >= 15 is 0 Å². The van der Waals surface area contributed by atoms with Crippen LogP contribution >= 0.6 is 0 Å². The van der Waals surface area contributed by atoms with Gasteiger partial charge in [0, 0.05) is 36.2 Å². The molecule has 0 saturated carbocycles. The van der Waals surface area contributed by atoms with Crippen LogP contribution in [0.25, 0.3) is 23.0 Å². The third kappa shape index (κ3) is 5.71. The molecule has 34 heavy (non-hydrogen) atoms. The monoisotopic (exact) mass is 453 g/mol. The molecule has 0 amide bonds. The second kappa shape index (κ2) is 10.6. The highest BCUT2D eigenvalue weighted by molar-refractivity contribution is 5.72. The van der Waals surface area contributed by atoms with E-state index in [0.717, 1.165) is 52.4 Å². The summed E-state index contributed by atoms with van der Waals surface area (Å²) in [5.74, 6) is 0.564. The molecular weight excluding hydrogens is 422 g/mol. The molecule has 174 valence electrons. The zero-order chi connectivity index (χ0) is 23.2. The SMILES string of the molecule is C=C(NCCN1CCCC1)c1cc2cc(c1)Nc1nccc(n1)-c1cccc(c1)COCC=C2. The maximum absolute atomic E-state index is 5.89. The van der Waals surface area contributed by atoms with Gasteiger partial charge in [0.1, 0.15) is 0 Å². The molecule has 1 aromatic heterocycles. The van der Waals surface area contributed by atoms with Crippen molar-refractivity contribution in [2.75, 3.05) is 38.1 Å². The first kappa shape index (κ1) is 22.3. The summed E-state index contributed by atoms with van der Waals surface area (Å²) in [6.45, 7) is 9.73. The van der Waals surface area contributed by atoms with Gasteiger partial charge in [-0.25, -0.2) is 9.97 Å². The van der Waals surface area contributed by atoms with Crippen LogP contribution in [0.2, 0.25) is 0 Å². The van der Waals surface area contributed by atoms with Gasteiger partial charge in [-0.2, -0.15) is 0 Å². The molecule has 0 unspecified atom stereocenters. The molecule has 6 heteroatoms. The number of likely N-dealkylation sites (tertiary alicyclic amines) is 1. The molecule has 6 bridgehead atoms. The van der Waals surface area contributed by atoms with Gasteiger partial charge < -0.3 is 20.3 Å². The van der Waals surface area contributed by atoms with Crippen LogP contribution in [0.4, 0.5) is 11.6 Å². The highest BCUT2D eigenvalue weighted by Gasteiger charge is 2.11. The quantitative estimate of drug-likeness (QED) is 0.561. The van der Waals surface area contributed by atoms with Crippen molar-refractivity contribution in [2.24, 2.45) is 0 Å². The number of aromatic nitrogens is 2. The van der Waals surface area contributed by atoms with Crippen LogP contribution < -0.4 is 10.6 Å². The first-order valence-electron chi connectivity index (χ1n) is 12.0. The van der Waals surface area contributed by atoms with Gasteiger partial charge >= 0.3 is 0 Å². The van der Waals surface area contributed by atoms with E-state index in [0.29, 0.717) is 19.2 Å². The van der Waals surface area contributed by atoms with Crippen LogP contribution in [0.3, 0.4) is 0 Å². The van der Waals surface area contributed by atoms with E-state index in [1.165, 1.54) is 25.9 Å². The molecule has 5 rings (SSSR count). The largest absolute Gasteiger partial charge is 0.384 e.